The van der Waals surface area contributed by atoms with Gasteiger partial charge in [0.25, 0.3) is 0 Å². The lowest BCUT2D eigenvalue weighted by Gasteiger charge is -2.04. The van der Waals surface area contributed by atoms with Crippen LogP contribution < -0.4 is 5.32 Å². The Hall–Kier alpha value is -2.62. The van der Waals surface area contributed by atoms with Crippen LogP contribution in [-0.4, -0.2) is 10.9 Å². The third kappa shape index (κ3) is 2.94. The summed E-state index contributed by atoms with van der Waals surface area (Å²) in [6, 6.07) is 11.5. The first-order valence-electron chi connectivity index (χ1n) is 6.82. The number of anilines is 1. The van der Waals surface area contributed by atoms with Gasteiger partial charge in [-0.1, -0.05) is 17.7 Å². The minimum absolute atomic E-state index is 0.0997. The van der Waals surface area contributed by atoms with Crippen LogP contribution in [0.3, 0.4) is 0 Å². The zero-order valence-electron chi connectivity index (χ0n) is 12.0. The Morgan fingerprint density at radius 2 is 2.10 bits per heavy atom. The lowest BCUT2D eigenvalue weighted by Crippen LogP contribution is -2.15. The van der Waals surface area contributed by atoms with E-state index in [1.807, 2.05) is 44.2 Å². The number of furan rings is 1. The predicted molar refractivity (Wildman–Crippen MR) is 82.3 cm³/mol. The highest BCUT2D eigenvalue weighted by atomic mass is 16.3. The quantitative estimate of drug-likeness (QED) is 0.797. The van der Waals surface area contributed by atoms with Crippen LogP contribution >= 0.6 is 0 Å². The number of nitrogens with one attached hydrogen (secondary N) is 1. The Kier molecular flexibility index (Phi) is 3.44. The fourth-order valence-corrected chi connectivity index (χ4v) is 2.31. The molecule has 3 rings (SSSR count). The molecule has 2 heterocycles. The van der Waals surface area contributed by atoms with Gasteiger partial charge in [0, 0.05) is 16.6 Å². The molecule has 0 aliphatic carbocycles. The molecule has 4 heteroatoms. The zero-order valence-corrected chi connectivity index (χ0v) is 12.0. The highest BCUT2D eigenvalue weighted by Gasteiger charge is 2.11. The van der Waals surface area contributed by atoms with E-state index in [1.165, 1.54) is 0 Å². The first-order chi connectivity index (χ1) is 10.1. The molecule has 0 atom stereocenters. The van der Waals surface area contributed by atoms with E-state index in [4.69, 9.17) is 4.42 Å². The van der Waals surface area contributed by atoms with E-state index in [2.05, 4.69) is 10.3 Å². The highest BCUT2D eigenvalue weighted by Crippen LogP contribution is 2.23. The molecule has 0 fully saturated rings. The average molecular weight is 280 g/mol. The van der Waals surface area contributed by atoms with Gasteiger partial charge in [-0.05, 0) is 38.1 Å². The van der Waals surface area contributed by atoms with E-state index in [0.717, 1.165) is 27.8 Å². The molecular weight excluding hydrogens is 264 g/mol. The van der Waals surface area contributed by atoms with E-state index in [0.29, 0.717) is 5.82 Å². The topological polar surface area (TPSA) is 55.1 Å². The van der Waals surface area contributed by atoms with E-state index < -0.39 is 0 Å². The van der Waals surface area contributed by atoms with Crippen LogP contribution in [0.4, 0.5) is 5.82 Å². The van der Waals surface area contributed by atoms with Crippen LogP contribution in [0.1, 0.15) is 16.8 Å². The first kappa shape index (κ1) is 13.4. The summed E-state index contributed by atoms with van der Waals surface area (Å²) in [7, 11) is 0. The fraction of sp³-hybridized carbons (Fsp3) is 0.176. The SMILES string of the molecule is Cc1ccc2occ(CC(=O)Nc3cccc(C)n3)c2c1. The second-order valence-corrected chi connectivity index (χ2v) is 5.15. The number of aryl methyl sites for hydroxylation is 2. The second-order valence-electron chi connectivity index (χ2n) is 5.15. The molecule has 0 spiro atoms. The standard InChI is InChI=1S/C17H16N2O2/c1-11-6-7-15-14(8-11)13(10-21-15)9-17(20)19-16-5-3-4-12(2)18-16/h3-8,10H,9H2,1-2H3,(H,18,19,20). The Balaban J connectivity index is 1.79. The number of amides is 1. The van der Waals surface area contributed by atoms with Crippen molar-refractivity contribution in [3.05, 3.63) is 59.5 Å². The molecule has 1 N–H and O–H groups in total. The molecule has 106 valence electrons. The van der Waals surface area contributed by atoms with Crippen molar-refractivity contribution in [3.8, 4) is 0 Å². The molecule has 0 aliphatic heterocycles. The van der Waals surface area contributed by atoms with Gasteiger partial charge in [-0.3, -0.25) is 4.79 Å². The third-order valence-electron chi connectivity index (χ3n) is 3.32. The molecule has 21 heavy (non-hydrogen) atoms. The van der Waals surface area contributed by atoms with Crippen molar-refractivity contribution in [2.45, 2.75) is 20.3 Å². The van der Waals surface area contributed by atoms with Crippen molar-refractivity contribution in [2.75, 3.05) is 5.32 Å². The van der Waals surface area contributed by atoms with Gasteiger partial charge in [-0.25, -0.2) is 4.98 Å². The van der Waals surface area contributed by atoms with Gasteiger partial charge >= 0.3 is 0 Å². The van der Waals surface area contributed by atoms with Crippen molar-refractivity contribution < 1.29 is 9.21 Å². The Morgan fingerprint density at radius 3 is 2.90 bits per heavy atom. The molecule has 0 radical (unpaired) electrons. The number of fused-ring (bicyclic) bond motifs is 1. The maximum Gasteiger partial charge on any atom is 0.230 e. The van der Waals surface area contributed by atoms with Crippen LogP contribution in [0.25, 0.3) is 11.0 Å². The predicted octanol–water partition coefficient (Wildman–Crippen LogP) is 3.63. The van der Waals surface area contributed by atoms with Gasteiger partial charge in [-0.2, -0.15) is 0 Å². The van der Waals surface area contributed by atoms with Gasteiger partial charge in [0.15, 0.2) is 0 Å². The Bertz CT molecular complexity index is 805. The number of carbonyl (C=O) groups is 1. The molecule has 0 saturated carbocycles. The summed E-state index contributed by atoms with van der Waals surface area (Å²) < 4.78 is 5.48. The summed E-state index contributed by atoms with van der Waals surface area (Å²) in [4.78, 5) is 16.4. The largest absolute Gasteiger partial charge is 0.464 e. The maximum absolute atomic E-state index is 12.1. The van der Waals surface area contributed by atoms with E-state index in [1.54, 1.807) is 12.3 Å². The number of hydrogen-bond acceptors (Lipinski definition) is 3. The van der Waals surface area contributed by atoms with E-state index >= 15 is 0 Å². The lowest BCUT2D eigenvalue weighted by molar-refractivity contribution is -0.115. The molecule has 1 amide bonds. The number of carbonyl (C=O) groups excluding carboxylic acids is 1. The summed E-state index contributed by atoms with van der Waals surface area (Å²) in [6.07, 6.45) is 1.92. The number of nitrogens with zero attached hydrogens (tertiary/aromatic N) is 1. The highest BCUT2D eigenvalue weighted by molar-refractivity contribution is 5.94. The number of benzene rings is 1. The molecule has 0 aliphatic rings. The Labute approximate surface area is 122 Å². The molecular formula is C17H16N2O2. The molecule has 0 bridgehead atoms. The average Bonchev–Trinajstić information content (AvgIpc) is 2.81. The third-order valence-corrected chi connectivity index (χ3v) is 3.32. The van der Waals surface area contributed by atoms with Crippen molar-refractivity contribution in [1.29, 1.82) is 0 Å². The molecule has 0 saturated heterocycles. The van der Waals surface area contributed by atoms with E-state index in [-0.39, 0.29) is 12.3 Å². The van der Waals surface area contributed by atoms with Crippen LogP contribution in [0.5, 0.6) is 0 Å². The summed E-state index contributed by atoms with van der Waals surface area (Å²) in [5.41, 5.74) is 3.71. The molecule has 3 aromatic rings. The first-order valence-corrected chi connectivity index (χ1v) is 6.82. The van der Waals surface area contributed by atoms with Gasteiger partial charge in [-0.15, -0.1) is 0 Å². The summed E-state index contributed by atoms with van der Waals surface area (Å²) in [5.74, 6) is 0.473. The van der Waals surface area contributed by atoms with Crippen LogP contribution in [0.15, 0.2) is 47.1 Å². The minimum atomic E-state index is -0.0997. The monoisotopic (exact) mass is 280 g/mol. The van der Waals surface area contributed by atoms with Gasteiger partial charge in [0.1, 0.15) is 11.4 Å². The number of aromatic nitrogens is 1. The van der Waals surface area contributed by atoms with Gasteiger partial charge < -0.3 is 9.73 Å². The number of rotatable bonds is 3. The van der Waals surface area contributed by atoms with Crippen LogP contribution in [0, 0.1) is 13.8 Å². The summed E-state index contributed by atoms with van der Waals surface area (Å²) >= 11 is 0. The van der Waals surface area contributed by atoms with Crippen molar-refractivity contribution >= 4 is 22.7 Å². The normalized spacial score (nSPS) is 10.8. The number of hydrogen-bond donors (Lipinski definition) is 1. The molecule has 4 nitrogen and oxygen atoms in total. The molecule has 1 aromatic carbocycles. The minimum Gasteiger partial charge on any atom is -0.464 e. The van der Waals surface area contributed by atoms with Crippen molar-refractivity contribution in [2.24, 2.45) is 0 Å². The zero-order chi connectivity index (χ0) is 14.8. The fourth-order valence-electron chi connectivity index (χ4n) is 2.31. The smallest absolute Gasteiger partial charge is 0.230 e. The van der Waals surface area contributed by atoms with Crippen LogP contribution in [-0.2, 0) is 11.2 Å². The summed E-state index contributed by atoms with van der Waals surface area (Å²) in [5, 5.41) is 3.80. The number of pyridine rings is 1. The molecule has 0 unspecified atom stereocenters. The maximum atomic E-state index is 12.1. The van der Waals surface area contributed by atoms with Crippen LogP contribution in [0.2, 0.25) is 0 Å². The Morgan fingerprint density at radius 1 is 1.24 bits per heavy atom. The van der Waals surface area contributed by atoms with Crippen molar-refractivity contribution in [1.82, 2.24) is 4.98 Å². The lowest BCUT2D eigenvalue weighted by atomic mass is 10.1. The van der Waals surface area contributed by atoms with Gasteiger partial charge in [0.05, 0.1) is 12.7 Å². The second kappa shape index (κ2) is 5.40. The molecule has 2 aromatic heterocycles. The van der Waals surface area contributed by atoms with Crippen molar-refractivity contribution in [3.63, 3.8) is 0 Å². The van der Waals surface area contributed by atoms with E-state index in [9.17, 15) is 4.79 Å². The van der Waals surface area contributed by atoms with Gasteiger partial charge in [0.2, 0.25) is 5.91 Å². The summed E-state index contributed by atoms with van der Waals surface area (Å²) in [6.45, 7) is 3.91.